The lowest BCUT2D eigenvalue weighted by Crippen LogP contribution is -2.13. The highest BCUT2D eigenvalue weighted by Gasteiger charge is 2.20. The minimum atomic E-state index is -0.517. The lowest BCUT2D eigenvalue weighted by Gasteiger charge is -2.15. The summed E-state index contributed by atoms with van der Waals surface area (Å²) in [5, 5.41) is 26.7. The Morgan fingerprint density at radius 2 is 0.818 bits per heavy atom. The lowest BCUT2D eigenvalue weighted by atomic mass is 10.0. The summed E-state index contributed by atoms with van der Waals surface area (Å²) in [7, 11) is 8.69. The number of hydrogen-bond acceptors (Lipinski definition) is 10. The molecule has 230 valence electrons. The van der Waals surface area contributed by atoms with Crippen LogP contribution < -0.4 is 39.1 Å². The molecule has 0 radical (unpaired) electrons. The van der Waals surface area contributed by atoms with E-state index in [0.717, 1.165) is 0 Å². The molecule has 2 amide bonds. The fraction of sp³-hybridized carbons (Fsp3) is 0.188. The molecule has 0 bridgehead atoms. The molecule has 0 aromatic heterocycles. The van der Waals surface area contributed by atoms with Gasteiger partial charge in [-0.1, -0.05) is 12.1 Å². The Balaban J connectivity index is 1.52. The average molecular weight is 605 g/mol. The van der Waals surface area contributed by atoms with E-state index in [2.05, 4.69) is 10.6 Å². The Labute approximate surface area is 253 Å². The zero-order valence-corrected chi connectivity index (χ0v) is 24.9. The molecule has 4 aromatic carbocycles. The van der Waals surface area contributed by atoms with Gasteiger partial charge < -0.3 is 49.3 Å². The van der Waals surface area contributed by atoms with Gasteiger partial charge in [-0.15, -0.1) is 0 Å². The van der Waals surface area contributed by atoms with Gasteiger partial charge in [0.15, 0.2) is 23.0 Å². The first kappa shape index (κ1) is 31.2. The van der Waals surface area contributed by atoms with Gasteiger partial charge in [0.25, 0.3) is 11.8 Å². The molecular weight excluding hydrogens is 572 g/mol. The van der Waals surface area contributed by atoms with Crippen molar-refractivity contribution in [3.63, 3.8) is 0 Å². The van der Waals surface area contributed by atoms with E-state index in [1.54, 1.807) is 12.1 Å². The molecule has 12 nitrogen and oxygen atoms in total. The van der Waals surface area contributed by atoms with E-state index in [0.29, 0.717) is 45.6 Å². The molecule has 0 aliphatic rings. The SMILES string of the molecule is COc1cc(C(=O)Nc2ccc(-c3ccc(NC(=O)c4cc(OC)c(OC)c(OC)c4)c(O)c3)cc2O)cc(OC)c1OC. The standard InChI is InChI=1S/C32H32N2O10/c1-39-25-13-19(14-26(40-2)29(25)43-5)31(37)33-21-9-7-17(11-23(21)35)18-8-10-22(24(36)12-18)34-32(38)20-15-27(41-3)30(44-6)28(16-20)42-4/h7-16,35-36H,1-6H3,(H,33,37)(H,34,38). The van der Waals surface area contributed by atoms with Crippen LogP contribution in [0.1, 0.15) is 20.7 Å². The molecule has 12 heteroatoms. The molecule has 0 aliphatic carbocycles. The van der Waals surface area contributed by atoms with Crippen molar-refractivity contribution in [1.82, 2.24) is 0 Å². The number of amides is 2. The van der Waals surface area contributed by atoms with Crippen LogP contribution in [0.15, 0.2) is 60.7 Å². The van der Waals surface area contributed by atoms with Crippen molar-refractivity contribution in [2.24, 2.45) is 0 Å². The minimum absolute atomic E-state index is 0.158. The smallest absolute Gasteiger partial charge is 0.256 e. The summed E-state index contributed by atoms with van der Waals surface area (Å²) in [4.78, 5) is 25.9. The van der Waals surface area contributed by atoms with Crippen LogP contribution in [0.3, 0.4) is 0 Å². The summed E-state index contributed by atoms with van der Waals surface area (Å²) in [6, 6.07) is 15.2. The number of aromatic hydroxyl groups is 2. The first-order valence-corrected chi connectivity index (χ1v) is 13.1. The second-order valence-electron chi connectivity index (χ2n) is 9.20. The second-order valence-corrected chi connectivity index (χ2v) is 9.20. The number of carbonyl (C=O) groups excluding carboxylic acids is 2. The van der Waals surface area contributed by atoms with E-state index in [-0.39, 0.29) is 34.0 Å². The van der Waals surface area contributed by atoms with Crippen molar-refractivity contribution in [3.8, 4) is 57.1 Å². The molecule has 0 atom stereocenters. The normalized spacial score (nSPS) is 10.4. The Morgan fingerprint density at radius 1 is 0.500 bits per heavy atom. The molecule has 0 heterocycles. The van der Waals surface area contributed by atoms with E-state index in [9.17, 15) is 19.8 Å². The Kier molecular flexibility index (Phi) is 9.54. The second kappa shape index (κ2) is 13.5. The quantitative estimate of drug-likeness (QED) is 0.165. The van der Waals surface area contributed by atoms with Gasteiger partial charge in [0.1, 0.15) is 11.5 Å². The van der Waals surface area contributed by atoms with Gasteiger partial charge in [-0.25, -0.2) is 0 Å². The number of ether oxygens (including phenoxy) is 6. The van der Waals surface area contributed by atoms with Crippen molar-refractivity contribution in [2.75, 3.05) is 53.3 Å². The highest BCUT2D eigenvalue weighted by Crippen LogP contribution is 2.40. The monoisotopic (exact) mass is 604 g/mol. The third-order valence-electron chi connectivity index (χ3n) is 6.68. The summed E-state index contributed by atoms with van der Waals surface area (Å²) in [6.45, 7) is 0. The van der Waals surface area contributed by atoms with Gasteiger partial charge in [0, 0.05) is 11.1 Å². The fourth-order valence-electron chi connectivity index (χ4n) is 4.45. The number of rotatable bonds is 11. The molecule has 0 saturated heterocycles. The zero-order valence-electron chi connectivity index (χ0n) is 24.9. The predicted octanol–water partition coefficient (Wildman–Crippen LogP) is 5.32. The highest BCUT2D eigenvalue weighted by molar-refractivity contribution is 6.07. The summed E-state index contributed by atoms with van der Waals surface area (Å²) in [5.41, 5.74) is 1.85. The number of benzene rings is 4. The van der Waals surface area contributed by atoms with Crippen molar-refractivity contribution in [2.45, 2.75) is 0 Å². The number of hydrogen-bond donors (Lipinski definition) is 4. The van der Waals surface area contributed by atoms with Crippen LogP contribution in [0.2, 0.25) is 0 Å². The minimum Gasteiger partial charge on any atom is -0.506 e. The van der Waals surface area contributed by atoms with Crippen LogP contribution in [0.25, 0.3) is 11.1 Å². The number of methoxy groups -OCH3 is 6. The lowest BCUT2D eigenvalue weighted by molar-refractivity contribution is 0.101. The highest BCUT2D eigenvalue weighted by atomic mass is 16.5. The fourth-order valence-corrected chi connectivity index (χ4v) is 4.45. The summed E-state index contributed by atoms with van der Waals surface area (Å²) in [6.07, 6.45) is 0. The first-order valence-electron chi connectivity index (χ1n) is 13.1. The van der Waals surface area contributed by atoms with E-state index < -0.39 is 11.8 Å². The molecule has 4 aromatic rings. The van der Waals surface area contributed by atoms with Crippen molar-refractivity contribution in [3.05, 3.63) is 71.8 Å². The van der Waals surface area contributed by atoms with Crippen LogP contribution in [0.4, 0.5) is 11.4 Å². The van der Waals surface area contributed by atoms with Crippen LogP contribution in [0, 0.1) is 0 Å². The van der Waals surface area contributed by atoms with Gasteiger partial charge in [-0.3, -0.25) is 9.59 Å². The maximum absolute atomic E-state index is 13.0. The molecule has 0 spiro atoms. The van der Waals surface area contributed by atoms with Crippen molar-refractivity contribution < 1.29 is 48.2 Å². The molecule has 4 N–H and O–H groups in total. The molecule has 0 unspecified atom stereocenters. The predicted molar refractivity (Wildman–Crippen MR) is 163 cm³/mol. The number of phenols is 2. The third kappa shape index (κ3) is 6.33. The molecule has 44 heavy (non-hydrogen) atoms. The number of carbonyl (C=O) groups is 2. The summed E-state index contributed by atoms with van der Waals surface area (Å²) >= 11 is 0. The van der Waals surface area contributed by atoms with Crippen molar-refractivity contribution >= 4 is 23.2 Å². The maximum atomic E-state index is 13.0. The van der Waals surface area contributed by atoms with E-state index >= 15 is 0 Å². The maximum Gasteiger partial charge on any atom is 0.256 e. The van der Waals surface area contributed by atoms with E-state index in [1.165, 1.54) is 91.2 Å². The number of phenolic OH excluding ortho intramolecular Hbond substituents is 2. The molecule has 0 fully saturated rings. The largest absolute Gasteiger partial charge is 0.506 e. The summed E-state index contributed by atoms with van der Waals surface area (Å²) < 4.78 is 31.8. The number of anilines is 2. The third-order valence-corrected chi connectivity index (χ3v) is 6.68. The zero-order chi connectivity index (χ0) is 32.0. The first-order chi connectivity index (χ1) is 21.2. The molecule has 0 aliphatic heterocycles. The van der Waals surface area contributed by atoms with Crippen LogP contribution >= 0.6 is 0 Å². The Hall–Kier alpha value is -5.78. The van der Waals surface area contributed by atoms with Crippen LogP contribution in [0.5, 0.6) is 46.0 Å². The van der Waals surface area contributed by atoms with Gasteiger partial charge in [-0.05, 0) is 59.7 Å². The summed E-state index contributed by atoms with van der Waals surface area (Å²) in [5.74, 6) is 0.458. The Bertz CT molecular complexity index is 1530. The van der Waals surface area contributed by atoms with Crippen molar-refractivity contribution in [1.29, 1.82) is 0 Å². The van der Waals surface area contributed by atoms with Gasteiger partial charge in [-0.2, -0.15) is 0 Å². The van der Waals surface area contributed by atoms with Gasteiger partial charge in [0.2, 0.25) is 11.5 Å². The van der Waals surface area contributed by atoms with Crippen LogP contribution in [-0.2, 0) is 0 Å². The van der Waals surface area contributed by atoms with E-state index in [4.69, 9.17) is 28.4 Å². The average Bonchev–Trinajstić information content (AvgIpc) is 3.04. The topological polar surface area (TPSA) is 154 Å². The number of nitrogens with one attached hydrogen (secondary N) is 2. The molecule has 4 rings (SSSR count). The molecular formula is C32H32N2O10. The van der Waals surface area contributed by atoms with Crippen LogP contribution in [-0.4, -0.2) is 64.7 Å². The van der Waals surface area contributed by atoms with E-state index in [1.807, 2.05) is 0 Å². The Morgan fingerprint density at radius 3 is 1.07 bits per heavy atom. The van der Waals surface area contributed by atoms with Gasteiger partial charge in [0.05, 0.1) is 54.0 Å². The molecule has 0 saturated carbocycles. The van der Waals surface area contributed by atoms with Gasteiger partial charge >= 0.3 is 0 Å².